The van der Waals surface area contributed by atoms with Gasteiger partial charge < -0.3 is 14.9 Å². The van der Waals surface area contributed by atoms with Crippen molar-refractivity contribution in [2.75, 3.05) is 0 Å². The van der Waals surface area contributed by atoms with Crippen molar-refractivity contribution in [1.29, 1.82) is 0 Å². The molecule has 0 saturated heterocycles. The molecular formula is C39H54O5. The summed E-state index contributed by atoms with van der Waals surface area (Å²) in [6.07, 6.45) is 14.4. The van der Waals surface area contributed by atoms with Gasteiger partial charge in [-0.25, -0.2) is 4.79 Å². The van der Waals surface area contributed by atoms with Gasteiger partial charge in [0.25, 0.3) is 0 Å². The lowest BCUT2D eigenvalue weighted by atomic mass is 9.33. The van der Waals surface area contributed by atoms with Gasteiger partial charge in [0.15, 0.2) is 0 Å². The third kappa shape index (κ3) is 4.37. The van der Waals surface area contributed by atoms with Crippen LogP contribution < -0.4 is 0 Å². The second kappa shape index (κ2) is 10.5. The molecule has 4 fully saturated rings. The number of phenolic OH excluding ortho intramolecular Hbond substituents is 1. The van der Waals surface area contributed by atoms with Gasteiger partial charge in [0.1, 0.15) is 11.9 Å². The highest BCUT2D eigenvalue weighted by Crippen LogP contribution is 2.75. The van der Waals surface area contributed by atoms with E-state index >= 15 is 0 Å². The zero-order chi connectivity index (χ0) is 31.9. The number of rotatable bonds is 4. The molecule has 5 nitrogen and oxygen atoms in total. The molecule has 0 aliphatic heterocycles. The minimum Gasteiger partial charge on any atom is -0.508 e. The summed E-state index contributed by atoms with van der Waals surface area (Å²) in [6.45, 7) is 16.9. The summed E-state index contributed by atoms with van der Waals surface area (Å²) in [4.78, 5) is 26.0. The van der Waals surface area contributed by atoms with E-state index in [1.54, 1.807) is 30.3 Å². The van der Waals surface area contributed by atoms with Gasteiger partial charge in [-0.15, -0.1) is 0 Å². The maximum absolute atomic E-state index is 13.0. The lowest BCUT2D eigenvalue weighted by molar-refractivity contribution is -0.213. The number of carboxylic acid groups (broad SMARTS) is 1. The number of carbonyl (C=O) groups is 2. The van der Waals surface area contributed by atoms with Gasteiger partial charge in [-0.1, -0.05) is 72.2 Å². The third-order valence-electron chi connectivity index (χ3n) is 14.9. The SMILES string of the molecule is C[C@H]1[C@H](C)CC[C@]2(C(=O)O)CC[C@]3(C)C(=CC[C@@H]4[C@@]5(C)CC[C@H](OC(=O)/C=C\c6ccc(O)cc6)C(C)(C)[C@@H]5CC[C@]43C)[C@H]12. The fourth-order valence-corrected chi connectivity index (χ4v) is 12.0. The number of carbonyl (C=O) groups excluding carboxylic acids is 1. The Morgan fingerprint density at radius 1 is 0.886 bits per heavy atom. The molecule has 0 radical (unpaired) electrons. The first-order valence-corrected chi connectivity index (χ1v) is 17.2. The first kappa shape index (κ1) is 31.4. The predicted octanol–water partition coefficient (Wildman–Crippen LogP) is 9.06. The molecule has 0 amide bonds. The van der Waals surface area contributed by atoms with Gasteiger partial charge in [-0.3, -0.25) is 4.79 Å². The summed E-state index contributed by atoms with van der Waals surface area (Å²) in [7, 11) is 0. The molecule has 0 bridgehead atoms. The van der Waals surface area contributed by atoms with E-state index in [-0.39, 0.29) is 45.4 Å². The van der Waals surface area contributed by atoms with Crippen LogP contribution in [0.15, 0.2) is 42.0 Å². The van der Waals surface area contributed by atoms with E-state index in [2.05, 4.69) is 54.5 Å². The van der Waals surface area contributed by atoms with E-state index in [1.165, 1.54) is 11.6 Å². The van der Waals surface area contributed by atoms with Gasteiger partial charge in [0, 0.05) is 11.5 Å². The van der Waals surface area contributed by atoms with Crippen LogP contribution in [0.4, 0.5) is 0 Å². The molecule has 0 heterocycles. The van der Waals surface area contributed by atoms with Crippen molar-refractivity contribution < 1.29 is 24.5 Å². The zero-order valence-electron chi connectivity index (χ0n) is 28.0. The quantitative estimate of drug-likeness (QED) is 0.204. The monoisotopic (exact) mass is 602 g/mol. The van der Waals surface area contributed by atoms with E-state index < -0.39 is 11.4 Å². The lowest BCUT2D eigenvalue weighted by Crippen LogP contribution is -2.65. The molecule has 6 rings (SSSR count). The number of allylic oxidation sites excluding steroid dienone is 2. The Balaban J connectivity index is 1.27. The summed E-state index contributed by atoms with van der Waals surface area (Å²) >= 11 is 0. The van der Waals surface area contributed by atoms with E-state index in [0.29, 0.717) is 23.7 Å². The van der Waals surface area contributed by atoms with Crippen LogP contribution in [0, 0.1) is 56.7 Å². The Kier molecular flexibility index (Phi) is 7.49. The second-order valence-electron chi connectivity index (χ2n) is 16.8. The van der Waals surface area contributed by atoms with Crippen LogP contribution in [0.3, 0.4) is 0 Å². The van der Waals surface area contributed by atoms with Gasteiger partial charge in [-0.05, 0) is 127 Å². The van der Waals surface area contributed by atoms with Crippen LogP contribution >= 0.6 is 0 Å². The Morgan fingerprint density at radius 3 is 2.27 bits per heavy atom. The Labute approximate surface area is 264 Å². The molecule has 0 spiro atoms. The number of fused-ring (bicyclic) bond motifs is 7. The second-order valence-corrected chi connectivity index (χ2v) is 16.8. The number of hydrogen-bond acceptors (Lipinski definition) is 4. The van der Waals surface area contributed by atoms with Gasteiger partial charge >= 0.3 is 11.9 Å². The lowest BCUT2D eigenvalue weighted by Gasteiger charge is -2.71. The predicted molar refractivity (Wildman–Crippen MR) is 174 cm³/mol. The average molecular weight is 603 g/mol. The topological polar surface area (TPSA) is 83.8 Å². The molecule has 1 aromatic rings. The molecule has 5 aliphatic carbocycles. The summed E-state index contributed by atoms with van der Waals surface area (Å²) < 4.78 is 6.18. The number of esters is 1. The minimum absolute atomic E-state index is 0.00527. The number of aliphatic carboxylic acids is 1. The summed E-state index contributed by atoms with van der Waals surface area (Å²) in [5.41, 5.74) is 1.81. The first-order valence-electron chi connectivity index (χ1n) is 17.2. The molecule has 0 unspecified atom stereocenters. The number of aromatic hydroxyl groups is 1. The van der Waals surface area contributed by atoms with Crippen molar-refractivity contribution in [2.24, 2.45) is 56.7 Å². The highest BCUT2D eigenvalue weighted by molar-refractivity contribution is 5.87. The summed E-state index contributed by atoms with van der Waals surface area (Å²) in [5, 5.41) is 20.2. The van der Waals surface area contributed by atoms with E-state index in [1.807, 2.05) is 0 Å². The Morgan fingerprint density at radius 2 is 1.59 bits per heavy atom. The summed E-state index contributed by atoms with van der Waals surface area (Å²) in [6, 6.07) is 6.79. The van der Waals surface area contributed by atoms with Gasteiger partial charge in [0.2, 0.25) is 0 Å². The highest BCUT2D eigenvalue weighted by Gasteiger charge is 2.69. The number of hydrogen-bond donors (Lipinski definition) is 2. The molecule has 1 aromatic carbocycles. The number of phenols is 1. The molecule has 44 heavy (non-hydrogen) atoms. The van der Waals surface area contributed by atoms with E-state index in [4.69, 9.17) is 4.74 Å². The van der Waals surface area contributed by atoms with Crippen molar-refractivity contribution in [3.05, 3.63) is 47.6 Å². The Bertz CT molecular complexity index is 1370. The highest BCUT2D eigenvalue weighted by atomic mass is 16.5. The van der Waals surface area contributed by atoms with Crippen LogP contribution in [0.1, 0.15) is 112 Å². The van der Waals surface area contributed by atoms with Crippen molar-refractivity contribution in [2.45, 2.75) is 112 Å². The van der Waals surface area contributed by atoms with E-state index in [9.17, 15) is 19.8 Å². The van der Waals surface area contributed by atoms with Gasteiger partial charge in [-0.2, -0.15) is 0 Å². The normalized spacial score (nSPS) is 44.4. The molecule has 4 saturated carbocycles. The molecule has 5 aliphatic rings. The number of benzene rings is 1. The van der Waals surface area contributed by atoms with Crippen molar-refractivity contribution >= 4 is 18.0 Å². The van der Waals surface area contributed by atoms with Crippen LogP contribution in [0.25, 0.3) is 6.08 Å². The van der Waals surface area contributed by atoms with Gasteiger partial charge in [0.05, 0.1) is 5.41 Å². The van der Waals surface area contributed by atoms with Crippen molar-refractivity contribution in [3.63, 3.8) is 0 Å². The fraction of sp³-hybridized carbons (Fsp3) is 0.692. The van der Waals surface area contributed by atoms with Crippen LogP contribution in [-0.2, 0) is 14.3 Å². The van der Waals surface area contributed by atoms with Crippen LogP contribution in [0.2, 0.25) is 0 Å². The fourth-order valence-electron chi connectivity index (χ4n) is 12.0. The number of ether oxygens (including phenoxy) is 1. The zero-order valence-corrected chi connectivity index (χ0v) is 28.0. The Hall–Kier alpha value is -2.56. The molecule has 5 heteroatoms. The maximum atomic E-state index is 13.0. The number of carboxylic acids is 1. The minimum atomic E-state index is -0.609. The summed E-state index contributed by atoms with van der Waals surface area (Å²) in [5.74, 6) is 1.34. The molecule has 240 valence electrons. The molecule has 0 aromatic heterocycles. The molecule has 2 N–H and O–H groups in total. The third-order valence-corrected chi connectivity index (χ3v) is 14.9. The standard InChI is InChI=1S/C39H54O5/c1-24-16-21-39(34(42)43)23-22-37(6)28(33(39)25(24)2)13-14-30-36(5)19-18-31(35(3,4)29(36)17-20-38(30,37)7)44-32(41)15-10-26-8-11-27(40)12-9-26/h8-13,15,24-25,29-31,33,40H,14,16-23H2,1-7H3,(H,42,43)/b15-10-/t24-,25+,29+,30-,31+,33+,36+,37-,38-,39+/m1/s1. The van der Waals surface area contributed by atoms with Crippen molar-refractivity contribution in [1.82, 2.24) is 0 Å². The van der Waals surface area contributed by atoms with Crippen molar-refractivity contribution in [3.8, 4) is 5.75 Å². The smallest absolute Gasteiger partial charge is 0.331 e. The first-order chi connectivity index (χ1) is 20.6. The largest absolute Gasteiger partial charge is 0.508 e. The average Bonchev–Trinajstić information content (AvgIpc) is 2.96. The van der Waals surface area contributed by atoms with E-state index in [0.717, 1.165) is 63.4 Å². The molecular weight excluding hydrogens is 548 g/mol. The van der Waals surface area contributed by atoms with Crippen LogP contribution in [0.5, 0.6) is 5.75 Å². The maximum Gasteiger partial charge on any atom is 0.331 e. The van der Waals surface area contributed by atoms with Crippen LogP contribution in [-0.4, -0.2) is 28.3 Å². The molecule has 10 atom stereocenters.